The minimum absolute atomic E-state index is 0.239. The molecule has 0 spiro atoms. The lowest BCUT2D eigenvalue weighted by Crippen LogP contribution is -2.46. The second-order valence-electron chi connectivity index (χ2n) is 7.37. The van der Waals surface area contributed by atoms with Crippen LogP contribution in [-0.4, -0.2) is 41.3 Å². The van der Waals surface area contributed by atoms with E-state index in [1.807, 2.05) is 13.0 Å². The van der Waals surface area contributed by atoms with E-state index >= 15 is 0 Å². The van der Waals surface area contributed by atoms with Gasteiger partial charge in [-0.3, -0.25) is 4.90 Å². The van der Waals surface area contributed by atoms with E-state index in [-0.39, 0.29) is 11.9 Å². The summed E-state index contributed by atoms with van der Waals surface area (Å²) in [6.45, 7) is 2.77. The molecule has 1 aliphatic heterocycles. The van der Waals surface area contributed by atoms with Crippen LogP contribution >= 0.6 is 11.6 Å². The van der Waals surface area contributed by atoms with Gasteiger partial charge in [0.1, 0.15) is 5.82 Å². The number of carbonyl (C=O) groups excluding carboxylic acids is 1. The van der Waals surface area contributed by atoms with Gasteiger partial charge in [-0.2, -0.15) is 4.98 Å². The molecular weight excluding hydrogens is 435 g/mol. The predicted molar refractivity (Wildman–Crippen MR) is 118 cm³/mol. The molecule has 1 N–H and O–H groups in total. The van der Waals surface area contributed by atoms with Crippen molar-refractivity contribution < 1.29 is 18.4 Å². The van der Waals surface area contributed by atoms with Crippen LogP contribution in [0.2, 0.25) is 5.02 Å². The van der Waals surface area contributed by atoms with Gasteiger partial charge < -0.3 is 14.6 Å². The van der Waals surface area contributed by atoms with Crippen LogP contribution < -0.4 is 5.32 Å². The van der Waals surface area contributed by atoms with Crippen molar-refractivity contribution in [1.82, 2.24) is 20.4 Å². The Morgan fingerprint density at radius 2 is 2.06 bits per heavy atom. The van der Waals surface area contributed by atoms with Gasteiger partial charge in [-0.1, -0.05) is 41.0 Å². The van der Waals surface area contributed by atoms with Crippen LogP contribution in [0, 0.1) is 5.82 Å². The predicted octanol–water partition coefficient (Wildman–Crippen LogP) is 5.06. The molecule has 0 saturated carbocycles. The smallest absolute Gasteiger partial charge is 0.322 e. The highest BCUT2D eigenvalue weighted by Crippen LogP contribution is 2.37. The highest BCUT2D eigenvalue weighted by atomic mass is 35.5. The average molecular weight is 457 g/mol. The molecule has 0 aliphatic carbocycles. The number of methoxy groups -OCH3 is 1. The van der Waals surface area contributed by atoms with E-state index in [2.05, 4.69) is 15.5 Å². The van der Waals surface area contributed by atoms with Gasteiger partial charge in [-0.05, 0) is 43.2 Å². The molecule has 2 aromatic carbocycles. The zero-order valence-corrected chi connectivity index (χ0v) is 18.4. The Hall–Kier alpha value is -3.23. The fraction of sp³-hybridized carbons (Fsp3) is 0.261. The summed E-state index contributed by atoms with van der Waals surface area (Å²) in [6.07, 6.45) is 0.650. The van der Waals surface area contributed by atoms with Gasteiger partial charge >= 0.3 is 6.03 Å². The number of nitrogens with zero attached hydrogens (tertiary/aromatic N) is 3. The Labute approximate surface area is 189 Å². The maximum Gasteiger partial charge on any atom is 0.322 e. The number of aromatic nitrogens is 2. The van der Waals surface area contributed by atoms with Crippen molar-refractivity contribution in [3.05, 3.63) is 76.5 Å². The van der Waals surface area contributed by atoms with Gasteiger partial charge in [0.15, 0.2) is 0 Å². The highest BCUT2D eigenvalue weighted by Gasteiger charge is 2.35. The number of hydrogen-bond acceptors (Lipinski definition) is 5. The van der Waals surface area contributed by atoms with Crippen molar-refractivity contribution in [2.24, 2.45) is 0 Å². The molecule has 166 valence electrons. The number of carbonyl (C=O) groups is 1. The molecule has 1 atom stereocenters. The van der Waals surface area contributed by atoms with Gasteiger partial charge in [0.25, 0.3) is 5.89 Å². The molecule has 7 nitrogen and oxygen atoms in total. The first-order valence-corrected chi connectivity index (χ1v) is 10.5. The fourth-order valence-corrected chi connectivity index (χ4v) is 3.90. The number of ether oxygens (including phenoxy) is 1. The lowest BCUT2D eigenvalue weighted by molar-refractivity contribution is 0.174. The molecular formula is C23H22ClFN4O3. The van der Waals surface area contributed by atoms with Gasteiger partial charge in [0.2, 0.25) is 5.82 Å². The molecule has 2 heterocycles. The summed E-state index contributed by atoms with van der Waals surface area (Å²) in [5.41, 5.74) is 2.53. The molecule has 0 radical (unpaired) electrons. The Morgan fingerprint density at radius 3 is 2.81 bits per heavy atom. The van der Waals surface area contributed by atoms with Crippen LogP contribution in [0.5, 0.6) is 0 Å². The number of rotatable bonds is 7. The fourth-order valence-electron chi connectivity index (χ4n) is 3.71. The third-order valence-corrected chi connectivity index (χ3v) is 5.48. The van der Waals surface area contributed by atoms with Crippen molar-refractivity contribution >= 4 is 23.2 Å². The van der Waals surface area contributed by atoms with Crippen molar-refractivity contribution in [3.63, 3.8) is 0 Å². The zero-order valence-electron chi connectivity index (χ0n) is 17.6. The van der Waals surface area contributed by atoms with Crippen LogP contribution in [0.3, 0.4) is 0 Å². The minimum atomic E-state index is -0.649. The third kappa shape index (κ3) is 4.51. The summed E-state index contributed by atoms with van der Waals surface area (Å²) in [6, 6.07) is 12.3. The Balaban J connectivity index is 1.78. The number of halogens is 2. The number of amides is 2. The van der Waals surface area contributed by atoms with E-state index in [1.54, 1.807) is 42.3 Å². The van der Waals surface area contributed by atoms with E-state index in [0.717, 1.165) is 0 Å². The lowest BCUT2D eigenvalue weighted by Gasteiger charge is -2.35. The summed E-state index contributed by atoms with van der Waals surface area (Å²) < 4.78 is 24.7. The SMILES string of the molecule is COCCCN1C(=O)NC(c2cccc(F)c2)C(c2nc(-c3cccc(Cl)c3)no2)=C1C. The topological polar surface area (TPSA) is 80.5 Å². The second-order valence-corrected chi connectivity index (χ2v) is 7.80. The van der Waals surface area contributed by atoms with Crippen molar-refractivity contribution in [3.8, 4) is 11.4 Å². The van der Waals surface area contributed by atoms with Gasteiger partial charge in [0, 0.05) is 36.5 Å². The zero-order chi connectivity index (χ0) is 22.7. The largest absolute Gasteiger partial charge is 0.385 e. The average Bonchev–Trinajstić information content (AvgIpc) is 3.25. The third-order valence-electron chi connectivity index (χ3n) is 5.25. The number of nitrogens with one attached hydrogen (secondary N) is 1. The van der Waals surface area contributed by atoms with Crippen LogP contribution in [0.1, 0.15) is 30.8 Å². The molecule has 1 aromatic heterocycles. The monoisotopic (exact) mass is 456 g/mol. The molecule has 32 heavy (non-hydrogen) atoms. The minimum Gasteiger partial charge on any atom is -0.385 e. The molecule has 9 heteroatoms. The Bertz CT molecular complexity index is 1160. The number of hydrogen-bond donors (Lipinski definition) is 1. The molecule has 4 rings (SSSR count). The highest BCUT2D eigenvalue weighted by molar-refractivity contribution is 6.30. The quantitative estimate of drug-likeness (QED) is 0.502. The molecule has 1 aliphatic rings. The van der Waals surface area contributed by atoms with E-state index < -0.39 is 11.9 Å². The summed E-state index contributed by atoms with van der Waals surface area (Å²) >= 11 is 6.09. The van der Waals surface area contributed by atoms with Gasteiger partial charge in [-0.25, -0.2) is 9.18 Å². The van der Waals surface area contributed by atoms with Gasteiger partial charge in [-0.15, -0.1) is 0 Å². The molecule has 0 saturated heterocycles. The van der Waals surface area contributed by atoms with Crippen molar-refractivity contribution in [1.29, 1.82) is 0 Å². The lowest BCUT2D eigenvalue weighted by atomic mass is 9.94. The van der Waals surface area contributed by atoms with E-state index in [0.29, 0.717) is 52.8 Å². The maximum atomic E-state index is 14.0. The van der Waals surface area contributed by atoms with Crippen LogP contribution in [0.15, 0.2) is 58.8 Å². The van der Waals surface area contributed by atoms with E-state index in [4.69, 9.17) is 20.9 Å². The summed E-state index contributed by atoms with van der Waals surface area (Å²) in [5, 5.41) is 7.60. The van der Waals surface area contributed by atoms with Crippen LogP contribution in [0.25, 0.3) is 17.0 Å². The summed E-state index contributed by atoms with van der Waals surface area (Å²) in [5.74, 6) is 0.202. The number of urea groups is 1. The summed E-state index contributed by atoms with van der Waals surface area (Å²) in [4.78, 5) is 19.0. The van der Waals surface area contributed by atoms with Crippen LogP contribution in [-0.2, 0) is 4.74 Å². The maximum absolute atomic E-state index is 14.0. The second kappa shape index (κ2) is 9.50. The first-order valence-electron chi connectivity index (χ1n) is 10.1. The molecule has 0 fully saturated rings. The molecule has 2 amide bonds. The normalized spacial score (nSPS) is 16.4. The number of allylic oxidation sites excluding steroid dienone is 1. The molecule has 1 unspecified atom stereocenters. The number of benzene rings is 2. The van der Waals surface area contributed by atoms with Crippen molar-refractivity contribution in [2.75, 3.05) is 20.3 Å². The van der Waals surface area contributed by atoms with E-state index in [9.17, 15) is 9.18 Å². The Morgan fingerprint density at radius 1 is 1.25 bits per heavy atom. The standard InChI is InChI=1S/C23H22ClFN4O3/c1-14-19(22-27-21(28-32-22)16-7-3-8-17(24)12-16)20(15-6-4-9-18(25)13-15)26-23(30)29(14)10-5-11-31-2/h3-4,6-9,12-13,20H,5,10-11H2,1-2H3,(H,26,30). The van der Waals surface area contributed by atoms with E-state index in [1.165, 1.54) is 12.1 Å². The molecule has 0 bridgehead atoms. The first kappa shape index (κ1) is 22.0. The van der Waals surface area contributed by atoms with Crippen molar-refractivity contribution in [2.45, 2.75) is 19.4 Å². The first-order chi connectivity index (χ1) is 15.5. The van der Waals surface area contributed by atoms with Crippen LogP contribution in [0.4, 0.5) is 9.18 Å². The summed E-state index contributed by atoms with van der Waals surface area (Å²) in [7, 11) is 1.61. The Kier molecular flexibility index (Phi) is 6.53. The van der Waals surface area contributed by atoms with Gasteiger partial charge in [0.05, 0.1) is 11.6 Å². The molecule has 3 aromatic rings.